The van der Waals surface area contributed by atoms with Gasteiger partial charge in [0, 0.05) is 13.2 Å². The van der Waals surface area contributed by atoms with E-state index in [1.54, 1.807) is 6.92 Å². The molecule has 0 fully saturated rings. The topological polar surface area (TPSA) is 108 Å². The number of carboxylic acids is 1. The van der Waals surface area contributed by atoms with Gasteiger partial charge in [-0.2, -0.15) is 0 Å². The second-order valence-corrected chi connectivity index (χ2v) is 4.88. The quantitative estimate of drug-likeness (QED) is 0.702. The fraction of sp³-hybridized carbons (Fsp3) is 0.273. The first-order valence-corrected chi connectivity index (χ1v) is 6.20. The number of hydrogen-bond acceptors (Lipinski definition) is 5. The van der Waals surface area contributed by atoms with E-state index in [2.05, 4.69) is 15.6 Å². The summed E-state index contributed by atoms with van der Waals surface area (Å²) in [5.74, 6) is -1.51. The van der Waals surface area contributed by atoms with Crippen molar-refractivity contribution in [2.24, 2.45) is 0 Å². The van der Waals surface area contributed by atoms with Crippen LogP contribution in [0.5, 0.6) is 0 Å². The fourth-order valence-corrected chi connectivity index (χ4v) is 1.88. The van der Waals surface area contributed by atoms with Crippen molar-refractivity contribution in [1.82, 2.24) is 15.6 Å². The normalized spacial score (nSPS) is 11.5. The maximum atomic E-state index is 11.6. The van der Waals surface area contributed by atoms with E-state index >= 15 is 0 Å². The van der Waals surface area contributed by atoms with Gasteiger partial charge in [-0.25, -0.2) is 14.6 Å². The number of aromatic nitrogens is 1. The standard InChI is InChI=1S/C11H13N3O4S/c1-6(9(15)14-11(18)12-2)19-8-4-3-7(5-13-8)10(16)17/h3-6H,1-2H3,(H,16,17)(H2,12,14,15,18). The van der Waals surface area contributed by atoms with Crippen molar-refractivity contribution in [1.29, 1.82) is 0 Å². The molecule has 3 amide bonds. The summed E-state index contributed by atoms with van der Waals surface area (Å²) in [7, 11) is 1.41. The van der Waals surface area contributed by atoms with Gasteiger partial charge in [0.1, 0.15) is 0 Å². The minimum Gasteiger partial charge on any atom is -0.478 e. The zero-order valence-electron chi connectivity index (χ0n) is 10.3. The number of amides is 3. The number of carbonyl (C=O) groups is 3. The van der Waals surface area contributed by atoms with Gasteiger partial charge < -0.3 is 10.4 Å². The number of rotatable bonds is 4. The first kappa shape index (κ1) is 15.0. The molecule has 1 aromatic heterocycles. The minimum atomic E-state index is -1.06. The van der Waals surface area contributed by atoms with Crippen LogP contribution in [0.1, 0.15) is 17.3 Å². The van der Waals surface area contributed by atoms with Crippen molar-refractivity contribution in [3.63, 3.8) is 0 Å². The lowest BCUT2D eigenvalue weighted by Gasteiger charge is -2.10. The molecule has 1 unspecified atom stereocenters. The Morgan fingerprint density at radius 2 is 2.05 bits per heavy atom. The van der Waals surface area contributed by atoms with Crippen molar-refractivity contribution in [2.75, 3.05) is 7.05 Å². The van der Waals surface area contributed by atoms with Gasteiger partial charge >= 0.3 is 12.0 Å². The van der Waals surface area contributed by atoms with Gasteiger partial charge in [0.25, 0.3) is 0 Å². The monoisotopic (exact) mass is 283 g/mol. The zero-order valence-corrected chi connectivity index (χ0v) is 11.2. The number of thioether (sulfide) groups is 1. The fourth-order valence-electron chi connectivity index (χ4n) is 1.09. The second kappa shape index (κ2) is 6.74. The smallest absolute Gasteiger partial charge is 0.337 e. The molecule has 0 aliphatic heterocycles. The molecule has 7 nitrogen and oxygen atoms in total. The van der Waals surface area contributed by atoms with E-state index in [1.165, 1.54) is 25.4 Å². The van der Waals surface area contributed by atoms with Gasteiger partial charge in [-0.05, 0) is 19.1 Å². The Kier molecular flexibility index (Phi) is 5.31. The highest BCUT2D eigenvalue weighted by Gasteiger charge is 2.17. The molecule has 1 rings (SSSR count). The molecule has 1 aromatic rings. The third-order valence-electron chi connectivity index (χ3n) is 2.11. The van der Waals surface area contributed by atoms with Gasteiger partial charge in [-0.3, -0.25) is 10.1 Å². The zero-order chi connectivity index (χ0) is 14.4. The van der Waals surface area contributed by atoms with E-state index in [1.807, 2.05) is 0 Å². The molecule has 0 aromatic carbocycles. The van der Waals surface area contributed by atoms with Crippen molar-refractivity contribution < 1.29 is 19.5 Å². The maximum Gasteiger partial charge on any atom is 0.337 e. The van der Waals surface area contributed by atoms with E-state index < -0.39 is 23.2 Å². The number of carbonyl (C=O) groups excluding carboxylic acids is 2. The number of nitrogens with one attached hydrogen (secondary N) is 2. The number of imide groups is 1. The highest BCUT2D eigenvalue weighted by Crippen LogP contribution is 2.21. The molecule has 3 N–H and O–H groups in total. The minimum absolute atomic E-state index is 0.0758. The lowest BCUT2D eigenvalue weighted by Crippen LogP contribution is -2.41. The van der Waals surface area contributed by atoms with Crippen LogP contribution in [0, 0.1) is 0 Å². The molecule has 0 aliphatic rings. The summed E-state index contributed by atoms with van der Waals surface area (Å²) in [4.78, 5) is 37.1. The highest BCUT2D eigenvalue weighted by molar-refractivity contribution is 8.00. The van der Waals surface area contributed by atoms with Gasteiger partial charge in [-0.15, -0.1) is 0 Å². The molecule has 0 aliphatic carbocycles. The molecule has 0 saturated carbocycles. The predicted molar refractivity (Wildman–Crippen MR) is 69.1 cm³/mol. The van der Waals surface area contributed by atoms with Gasteiger partial charge in [0.15, 0.2) is 0 Å². The van der Waals surface area contributed by atoms with Crippen molar-refractivity contribution in [3.05, 3.63) is 23.9 Å². The number of nitrogens with zero attached hydrogens (tertiary/aromatic N) is 1. The predicted octanol–water partition coefficient (Wildman–Crippen LogP) is 0.716. The Labute approximate surface area is 113 Å². The van der Waals surface area contributed by atoms with Crippen LogP contribution in [-0.4, -0.2) is 40.3 Å². The molecular weight excluding hydrogens is 270 g/mol. The van der Waals surface area contributed by atoms with E-state index in [-0.39, 0.29) is 5.56 Å². The number of hydrogen-bond donors (Lipinski definition) is 3. The summed E-state index contributed by atoms with van der Waals surface area (Å²) in [5.41, 5.74) is 0.0758. The van der Waals surface area contributed by atoms with Crippen molar-refractivity contribution in [3.8, 4) is 0 Å². The van der Waals surface area contributed by atoms with E-state index in [9.17, 15) is 14.4 Å². The van der Waals surface area contributed by atoms with Gasteiger partial charge in [0.2, 0.25) is 5.91 Å². The summed E-state index contributed by atoms with van der Waals surface area (Å²) in [6.07, 6.45) is 1.22. The first-order valence-electron chi connectivity index (χ1n) is 5.32. The van der Waals surface area contributed by atoms with Crippen LogP contribution >= 0.6 is 11.8 Å². The van der Waals surface area contributed by atoms with Crippen LogP contribution in [0.15, 0.2) is 23.4 Å². The molecule has 0 spiro atoms. The summed E-state index contributed by atoms with van der Waals surface area (Å²) in [6, 6.07) is 2.34. The number of urea groups is 1. The van der Waals surface area contributed by atoms with Crippen LogP contribution < -0.4 is 10.6 Å². The van der Waals surface area contributed by atoms with Crippen LogP contribution in [0.3, 0.4) is 0 Å². The number of carboxylic acid groups (broad SMARTS) is 1. The Balaban J connectivity index is 2.61. The van der Waals surface area contributed by atoms with Crippen molar-refractivity contribution >= 4 is 29.7 Å². The largest absolute Gasteiger partial charge is 0.478 e. The average Bonchev–Trinajstić information content (AvgIpc) is 2.38. The Bertz CT molecular complexity index is 489. The highest BCUT2D eigenvalue weighted by atomic mass is 32.2. The van der Waals surface area contributed by atoms with E-state index in [0.29, 0.717) is 5.03 Å². The van der Waals surface area contributed by atoms with Crippen LogP contribution in [-0.2, 0) is 4.79 Å². The lowest BCUT2D eigenvalue weighted by atomic mass is 10.3. The molecule has 0 radical (unpaired) electrons. The summed E-state index contributed by atoms with van der Waals surface area (Å²) >= 11 is 1.13. The molecule has 19 heavy (non-hydrogen) atoms. The molecular formula is C11H13N3O4S. The maximum absolute atomic E-state index is 11.6. The number of pyridine rings is 1. The molecule has 102 valence electrons. The molecule has 0 bridgehead atoms. The van der Waals surface area contributed by atoms with Crippen molar-refractivity contribution in [2.45, 2.75) is 17.2 Å². The molecule has 0 saturated heterocycles. The van der Waals surface area contributed by atoms with Gasteiger partial charge in [-0.1, -0.05) is 11.8 Å². The van der Waals surface area contributed by atoms with Gasteiger partial charge in [0.05, 0.1) is 15.8 Å². The summed E-state index contributed by atoms with van der Waals surface area (Å²) in [5, 5.41) is 13.1. The average molecular weight is 283 g/mol. The van der Waals surface area contributed by atoms with Crippen LogP contribution in [0.25, 0.3) is 0 Å². The van der Waals surface area contributed by atoms with E-state index in [4.69, 9.17) is 5.11 Å². The molecule has 1 atom stereocenters. The second-order valence-electron chi connectivity index (χ2n) is 3.52. The number of aromatic carboxylic acids is 1. The summed E-state index contributed by atoms with van der Waals surface area (Å²) < 4.78 is 0. The third kappa shape index (κ3) is 4.59. The molecule has 8 heteroatoms. The third-order valence-corrected chi connectivity index (χ3v) is 3.16. The Morgan fingerprint density at radius 3 is 2.53 bits per heavy atom. The Hall–Kier alpha value is -2.09. The summed E-state index contributed by atoms with van der Waals surface area (Å²) in [6.45, 7) is 1.62. The van der Waals surface area contributed by atoms with Crippen LogP contribution in [0.4, 0.5) is 4.79 Å². The van der Waals surface area contributed by atoms with Crippen LogP contribution in [0.2, 0.25) is 0 Å². The Morgan fingerprint density at radius 1 is 1.37 bits per heavy atom. The van der Waals surface area contributed by atoms with E-state index in [0.717, 1.165) is 11.8 Å². The lowest BCUT2D eigenvalue weighted by molar-refractivity contribution is -0.119. The molecule has 1 heterocycles. The SMILES string of the molecule is CNC(=O)NC(=O)C(C)Sc1ccc(C(=O)O)cn1. The first-order chi connectivity index (χ1) is 8.93.